The van der Waals surface area contributed by atoms with Crippen LogP contribution in [0.3, 0.4) is 0 Å². The zero-order chi connectivity index (χ0) is 19.5. The van der Waals surface area contributed by atoms with E-state index in [-0.39, 0.29) is 17.6 Å². The first kappa shape index (κ1) is 17.8. The monoisotopic (exact) mass is 370 g/mol. The smallest absolute Gasteiger partial charge is 0.242 e. The Morgan fingerprint density at radius 3 is 2.64 bits per heavy atom. The number of piperidine rings is 1. The summed E-state index contributed by atoms with van der Waals surface area (Å²) >= 11 is 0. The summed E-state index contributed by atoms with van der Waals surface area (Å²) in [5.74, 6) is -0.135. The van der Waals surface area contributed by atoms with Crippen molar-refractivity contribution >= 4 is 5.91 Å². The molecule has 1 aromatic heterocycles. The molecule has 0 unspecified atom stereocenters. The largest absolute Gasteiger partial charge is 0.338 e. The highest BCUT2D eigenvalue weighted by Gasteiger charge is 2.36. The van der Waals surface area contributed by atoms with Crippen LogP contribution in [0.5, 0.6) is 0 Å². The van der Waals surface area contributed by atoms with E-state index in [0.29, 0.717) is 18.2 Å². The Balaban J connectivity index is 1.38. The van der Waals surface area contributed by atoms with Gasteiger partial charge in [0.1, 0.15) is 18.2 Å². The molecule has 7 heteroatoms. The molecule has 0 saturated heterocycles. The van der Waals surface area contributed by atoms with Gasteiger partial charge < -0.3 is 5.32 Å². The summed E-state index contributed by atoms with van der Waals surface area (Å²) in [6.45, 7) is 0. The summed E-state index contributed by atoms with van der Waals surface area (Å²) in [4.78, 5) is 20.7. The van der Waals surface area contributed by atoms with Gasteiger partial charge in [-0.1, -0.05) is 30.3 Å². The number of aromatic nitrogens is 2. The van der Waals surface area contributed by atoms with E-state index in [2.05, 4.69) is 32.7 Å². The van der Waals surface area contributed by atoms with Crippen LogP contribution in [0.1, 0.15) is 24.1 Å². The Hall–Kier alpha value is -3.55. The van der Waals surface area contributed by atoms with E-state index < -0.39 is 6.04 Å². The average molecular weight is 370 g/mol. The lowest BCUT2D eigenvalue weighted by Gasteiger charge is -2.23. The number of carbonyl (C=O) groups is 1. The van der Waals surface area contributed by atoms with Gasteiger partial charge in [0.05, 0.1) is 24.2 Å². The first-order chi connectivity index (χ1) is 13.7. The molecular weight excluding hydrogens is 352 g/mol. The van der Waals surface area contributed by atoms with Crippen LogP contribution in [0.25, 0.3) is 11.3 Å². The van der Waals surface area contributed by atoms with E-state index in [1.807, 2.05) is 30.3 Å². The van der Waals surface area contributed by atoms with Crippen LogP contribution < -0.4 is 10.6 Å². The van der Waals surface area contributed by atoms with Crippen molar-refractivity contribution in [2.24, 2.45) is 0 Å². The minimum absolute atomic E-state index is 0.135. The van der Waals surface area contributed by atoms with Crippen LogP contribution in [0.4, 0.5) is 0 Å². The third-order valence-corrected chi connectivity index (χ3v) is 5.10. The van der Waals surface area contributed by atoms with Crippen LogP contribution in [0, 0.1) is 22.7 Å². The molecule has 2 N–H and O–H groups in total. The zero-order valence-electron chi connectivity index (χ0n) is 15.1. The average Bonchev–Trinajstić information content (AvgIpc) is 3.37. The Bertz CT molecular complexity index is 997. The van der Waals surface area contributed by atoms with Crippen molar-refractivity contribution in [3.05, 3.63) is 59.6 Å². The van der Waals surface area contributed by atoms with E-state index in [0.717, 1.165) is 29.5 Å². The summed E-state index contributed by atoms with van der Waals surface area (Å²) in [5, 5.41) is 24.4. The molecule has 0 spiro atoms. The van der Waals surface area contributed by atoms with E-state index >= 15 is 0 Å². The molecule has 1 aliphatic heterocycles. The van der Waals surface area contributed by atoms with Crippen molar-refractivity contribution in [3.8, 4) is 23.4 Å². The maximum absolute atomic E-state index is 12.5. The highest BCUT2D eigenvalue weighted by atomic mass is 16.2. The highest BCUT2D eigenvalue weighted by molar-refractivity contribution is 5.86. The SMILES string of the molecule is N#Cc1cnc(-c2ccc(C[C@@H](C#N)NC(=O)[C@H]3N[C@H]4C=C3CC4)cc2)cn1. The number of fused-ring (bicyclic) bond motifs is 1. The second kappa shape index (κ2) is 7.59. The number of rotatable bonds is 5. The maximum atomic E-state index is 12.5. The van der Waals surface area contributed by atoms with Crippen LogP contribution in [0.15, 0.2) is 48.3 Å². The Morgan fingerprint density at radius 1 is 1.25 bits per heavy atom. The molecule has 1 aliphatic carbocycles. The predicted octanol–water partition coefficient (Wildman–Crippen LogP) is 1.63. The third-order valence-electron chi connectivity index (χ3n) is 5.10. The standard InChI is InChI=1S/C21H18N6O/c22-9-17(27-21(28)20-15-5-6-16(8-15)26-20)7-13-1-3-14(4-2-13)19-12-24-18(10-23)11-25-19/h1-4,8,11-12,16-17,20,26H,5-7H2,(H,27,28)/t16-,17+,20+/m1/s1. The maximum Gasteiger partial charge on any atom is 0.242 e. The van der Waals surface area contributed by atoms with E-state index in [9.17, 15) is 10.1 Å². The summed E-state index contributed by atoms with van der Waals surface area (Å²) in [6.07, 6.45) is 7.54. The fourth-order valence-corrected chi connectivity index (χ4v) is 3.65. The molecule has 0 fully saturated rings. The van der Waals surface area contributed by atoms with E-state index in [4.69, 9.17) is 5.26 Å². The lowest BCUT2D eigenvalue weighted by Crippen LogP contribution is -2.50. The lowest BCUT2D eigenvalue weighted by molar-refractivity contribution is -0.122. The molecule has 28 heavy (non-hydrogen) atoms. The third kappa shape index (κ3) is 3.62. The minimum atomic E-state index is -0.588. The second-order valence-corrected chi connectivity index (χ2v) is 6.98. The van der Waals surface area contributed by atoms with Crippen LogP contribution in [-0.2, 0) is 11.2 Å². The summed E-state index contributed by atoms with van der Waals surface area (Å²) < 4.78 is 0. The number of benzene rings is 1. The molecule has 1 aromatic carbocycles. The first-order valence-electron chi connectivity index (χ1n) is 9.14. The highest BCUT2D eigenvalue weighted by Crippen LogP contribution is 2.29. The second-order valence-electron chi connectivity index (χ2n) is 6.98. The number of carbonyl (C=O) groups excluding carboxylic acids is 1. The van der Waals surface area contributed by atoms with Crippen molar-refractivity contribution in [2.45, 2.75) is 37.4 Å². The van der Waals surface area contributed by atoms with Gasteiger partial charge in [0, 0.05) is 18.0 Å². The van der Waals surface area contributed by atoms with Crippen molar-refractivity contribution < 1.29 is 4.79 Å². The van der Waals surface area contributed by atoms with Gasteiger partial charge in [-0.2, -0.15) is 10.5 Å². The minimum Gasteiger partial charge on any atom is -0.338 e. The fourth-order valence-electron chi connectivity index (χ4n) is 3.65. The molecular formula is C21H18N6O. The van der Waals surface area contributed by atoms with Crippen molar-refractivity contribution in [1.82, 2.24) is 20.6 Å². The number of hydrogen-bond donors (Lipinski definition) is 2. The number of amides is 1. The van der Waals surface area contributed by atoms with Crippen LogP contribution >= 0.6 is 0 Å². The number of nitrogens with one attached hydrogen (secondary N) is 2. The molecule has 7 nitrogen and oxygen atoms in total. The van der Waals surface area contributed by atoms with E-state index in [1.165, 1.54) is 6.20 Å². The zero-order valence-corrected chi connectivity index (χ0v) is 15.1. The van der Waals surface area contributed by atoms with Crippen molar-refractivity contribution in [2.75, 3.05) is 0 Å². The molecule has 0 saturated carbocycles. The van der Waals surface area contributed by atoms with Gasteiger partial charge in [-0.25, -0.2) is 4.98 Å². The molecule has 2 aromatic rings. The van der Waals surface area contributed by atoms with Crippen LogP contribution in [0.2, 0.25) is 0 Å². The molecule has 1 amide bonds. The van der Waals surface area contributed by atoms with Gasteiger partial charge in [0.2, 0.25) is 5.91 Å². The Kier molecular flexibility index (Phi) is 4.84. The van der Waals surface area contributed by atoms with Gasteiger partial charge in [-0.3, -0.25) is 15.1 Å². The van der Waals surface area contributed by atoms with Gasteiger partial charge in [-0.05, 0) is 24.0 Å². The van der Waals surface area contributed by atoms with Gasteiger partial charge in [0.25, 0.3) is 0 Å². The van der Waals surface area contributed by atoms with E-state index in [1.54, 1.807) is 6.20 Å². The number of hydrogen-bond acceptors (Lipinski definition) is 6. The van der Waals surface area contributed by atoms with Crippen molar-refractivity contribution in [3.63, 3.8) is 0 Å². The Labute approximate surface area is 162 Å². The van der Waals surface area contributed by atoms with Gasteiger partial charge >= 0.3 is 0 Å². The number of nitrogens with zero attached hydrogens (tertiary/aromatic N) is 4. The summed E-state index contributed by atoms with van der Waals surface area (Å²) in [5.41, 5.74) is 3.89. The fraction of sp³-hybridized carbons (Fsp3) is 0.286. The first-order valence-corrected chi connectivity index (χ1v) is 9.14. The normalized spacial score (nSPS) is 20.7. The predicted molar refractivity (Wildman–Crippen MR) is 101 cm³/mol. The molecule has 0 radical (unpaired) electrons. The van der Waals surface area contributed by atoms with Crippen LogP contribution in [-0.4, -0.2) is 34.0 Å². The van der Waals surface area contributed by atoms with Gasteiger partial charge in [-0.15, -0.1) is 0 Å². The molecule has 138 valence electrons. The Morgan fingerprint density at radius 2 is 2.07 bits per heavy atom. The molecule has 4 rings (SSSR count). The van der Waals surface area contributed by atoms with Crippen molar-refractivity contribution in [1.29, 1.82) is 10.5 Å². The quantitative estimate of drug-likeness (QED) is 0.773. The molecule has 2 bridgehead atoms. The molecule has 2 heterocycles. The molecule has 3 atom stereocenters. The summed E-state index contributed by atoms with van der Waals surface area (Å²) in [7, 11) is 0. The molecule has 2 aliphatic rings. The summed E-state index contributed by atoms with van der Waals surface area (Å²) in [6, 6.07) is 11.1. The topological polar surface area (TPSA) is 114 Å². The number of nitriles is 2. The lowest BCUT2D eigenvalue weighted by atomic mass is 10.0. The van der Waals surface area contributed by atoms with Gasteiger partial charge in [0.15, 0.2) is 5.69 Å².